The highest BCUT2D eigenvalue weighted by Gasteiger charge is 2.47. The normalized spacial score (nSPS) is 12.7. The minimum atomic E-state index is -0.692. The number of rotatable bonds is 10. The van der Waals surface area contributed by atoms with E-state index in [2.05, 4.69) is 103 Å². The highest BCUT2D eigenvalue weighted by Crippen LogP contribution is 2.59. The van der Waals surface area contributed by atoms with Crippen LogP contribution >= 0.6 is 0 Å². The first-order valence-electron chi connectivity index (χ1n) is 16.7. The van der Waals surface area contributed by atoms with Crippen LogP contribution in [-0.2, 0) is 16.8 Å². The van der Waals surface area contributed by atoms with Gasteiger partial charge >= 0.3 is 0 Å². The third-order valence-electron chi connectivity index (χ3n) is 9.51. The standard InChI is InChI=1S/C45H34N4O2/c1-3-34-35(4-2)43-36-22-21-30(40-18-12-20-42(49-40)44-47-24-26-51-44)27-38(36)45(31-13-7-5-8-14-31,32-15-9-6-10-16-32)39(43)28-37(34)41-19-11-17-33(48-41)29-50-25-23-46/h3-28H,1-2,29,46H2/b25-23-. The molecule has 1 aliphatic carbocycles. The highest BCUT2D eigenvalue weighted by molar-refractivity contribution is 5.97. The molecular formula is C45H34N4O2. The van der Waals surface area contributed by atoms with E-state index in [0.717, 1.165) is 72.7 Å². The molecule has 3 heterocycles. The van der Waals surface area contributed by atoms with Crippen molar-refractivity contribution in [3.05, 3.63) is 198 Å². The van der Waals surface area contributed by atoms with E-state index in [0.29, 0.717) is 18.2 Å². The Hall–Kier alpha value is -6.79. The van der Waals surface area contributed by atoms with Gasteiger partial charge in [-0.25, -0.2) is 15.0 Å². The van der Waals surface area contributed by atoms with Crippen LogP contribution in [0.3, 0.4) is 0 Å². The molecule has 0 saturated carbocycles. The average molecular weight is 663 g/mol. The fourth-order valence-corrected chi connectivity index (χ4v) is 7.45. The van der Waals surface area contributed by atoms with E-state index in [4.69, 9.17) is 24.9 Å². The van der Waals surface area contributed by atoms with Crippen molar-refractivity contribution in [2.24, 2.45) is 5.73 Å². The predicted octanol–water partition coefficient (Wildman–Crippen LogP) is 10.1. The molecule has 0 saturated heterocycles. The topological polar surface area (TPSA) is 87.1 Å². The number of ether oxygens (including phenoxy) is 1. The van der Waals surface area contributed by atoms with Crippen molar-refractivity contribution >= 4 is 12.2 Å². The Bertz CT molecular complexity index is 2380. The van der Waals surface area contributed by atoms with Crippen molar-refractivity contribution < 1.29 is 9.15 Å². The Labute approximate surface area is 297 Å². The second kappa shape index (κ2) is 13.3. The Kier molecular flexibility index (Phi) is 8.18. The molecule has 3 aromatic heterocycles. The highest BCUT2D eigenvalue weighted by atomic mass is 16.5. The number of nitrogens with two attached hydrogens (primary N) is 1. The Morgan fingerprint density at radius 2 is 1.39 bits per heavy atom. The molecule has 51 heavy (non-hydrogen) atoms. The van der Waals surface area contributed by atoms with Crippen molar-refractivity contribution in [3.63, 3.8) is 0 Å². The van der Waals surface area contributed by atoms with E-state index < -0.39 is 5.41 Å². The van der Waals surface area contributed by atoms with Crippen LogP contribution in [0.5, 0.6) is 0 Å². The van der Waals surface area contributed by atoms with Gasteiger partial charge in [-0.3, -0.25) is 0 Å². The molecule has 0 aliphatic heterocycles. The Balaban J connectivity index is 1.44. The molecule has 246 valence electrons. The van der Waals surface area contributed by atoms with Crippen LogP contribution in [-0.4, -0.2) is 15.0 Å². The second-order valence-electron chi connectivity index (χ2n) is 12.2. The van der Waals surface area contributed by atoms with Crippen molar-refractivity contribution in [1.29, 1.82) is 0 Å². The maximum atomic E-state index is 5.59. The maximum absolute atomic E-state index is 5.59. The first-order valence-corrected chi connectivity index (χ1v) is 16.7. The summed E-state index contributed by atoms with van der Waals surface area (Å²) in [6.07, 6.45) is 9.89. The third-order valence-corrected chi connectivity index (χ3v) is 9.51. The number of pyridine rings is 2. The van der Waals surface area contributed by atoms with Gasteiger partial charge in [-0.15, -0.1) is 0 Å². The first kappa shape index (κ1) is 31.5. The van der Waals surface area contributed by atoms with Crippen LogP contribution in [0, 0.1) is 0 Å². The summed E-state index contributed by atoms with van der Waals surface area (Å²) in [5, 5.41) is 0. The summed E-state index contributed by atoms with van der Waals surface area (Å²) in [5.41, 5.74) is 18.6. The van der Waals surface area contributed by atoms with Crippen molar-refractivity contribution in [3.8, 4) is 45.2 Å². The molecule has 8 rings (SSSR count). The van der Waals surface area contributed by atoms with Crippen LogP contribution in [0.1, 0.15) is 39.1 Å². The molecular weight excluding hydrogens is 629 g/mol. The molecule has 0 radical (unpaired) electrons. The van der Waals surface area contributed by atoms with E-state index in [1.54, 1.807) is 12.5 Å². The zero-order chi connectivity index (χ0) is 34.8. The summed E-state index contributed by atoms with van der Waals surface area (Å²) in [6, 6.07) is 42.3. The Morgan fingerprint density at radius 1 is 0.686 bits per heavy atom. The SMILES string of the molecule is C=Cc1c(-c2cccc(CO/C=C\N)n2)cc2c(c1C=C)-c1ccc(-c3cccc(-c4ncco4)n3)cc1C2(c1ccccc1)c1ccccc1. The number of fused-ring (bicyclic) bond motifs is 3. The number of benzene rings is 4. The Morgan fingerprint density at radius 3 is 2.08 bits per heavy atom. The first-order chi connectivity index (χ1) is 25.2. The van der Waals surface area contributed by atoms with Crippen molar-refractivity contribution in [2.45, 2.75) is 12.0 Å². The van der Waals surface area contributed by atoms with E-state index in [-0.39, 0.29) is 0 Å². The number of oxazole rings is 1. The van der Waals surface area contributed by atoms with Gasteiger partial charge < -0.3 is 14.9 Å². The van der Waals surface area contributed by atoms with Crippen LogP contribution in [0.4, 0.5) is 0 Å². The fourth-order valence-electron chi connectivity index (χ4n) is 7.45. The summed E-state index contributed by atoms with van der Waals surface area (Å²) < 4.78 is 11.2. The van der Waals surface area contributed by atoms with Crippen molar-refractivity contribution in [1.82, 2.24) is 15.0 Å². The number of hydrogen-bond acceptors (Lipinski definition) is 6. The lowest BCUT2D eigenvalue weighted by atomic mass is 9.67. The van der Waals surface area contributed by atoms with Gasteiger partial charge in [-0.1, -0.05) is 110 Å². The van der Waals surface area contributed by atoms with Crippen LogP contribution < -0.4 is 5.73 Å². The van der Waals surface area contributed by atoms with Crippen LogP contribution in [0.25, 0.3) is 57.4 Å². The molecule has 6 heteroatoms. The molecule has 0 atom stereocenters. The van der Waals surface area contributed by atoms with E-state index in [1.807, 2.05) is 48.6 Å². The third kappa shape index (κ3) is 5.25. The average Bonchev–Trinajstić information content (AvgIpc) is 3.84. The summed E-state index contributed by atoms with van der Waals surface area (Å²) >= 11 is 0. The van der Waals surface area contributed by atoms with Gasteiger partial charge in [0, 0.05) is 17.3 Å². The molecule has 1 aliphatic rings. The molecule has 4 aromatic carbocycles. The van der Waals surface area contributed by atoms with Gasteiger partial charge in [-0.05, 0) is 80.9 Å². The van der Waals surface area contributed by atoms with Crippen LogP contribution in [0.2, 0.25) is 0 Å². The second-order valence-corrected chi connectivity index (χ2v) is 12.2. The lowest BCUT2D eigenvalue weighted by Gasteiger charge is -2.34. The summed E-state index contributed by atoms with van der Waals surface area (Å²) in [5.74, 6) is 0.480. The number of aromatic nitrogens is 3. The van der Waals surface area contributed by atoms with Crippen LogP contribution in [0.15, 0.2) is 164 Å². The molecule has 2 N–H and O–H groups in total. The molecule has 0 bridgehead atoms. The molecule has 0 amide bonds. The number of nitrogens with zero attached hydrogens (tertiary/aromatic N) is 3. The zero-order valence-corrected chi connectivity index (χ0v) is 27.9. The van der Waals surface area contributed by atoms with Gasteiger partial charge in [0.25, 0.3) is 0 Å². The zero-order valence-electron chi connectivity index (χ0n) is 27.9. The predicted molar refractivity (Wildman–Crippen MR) is 204 cm³/mol. The van der Waals surface area contributed by atoms with E-state index >= 15 is 0 Å². The molecule has 0 unspecified atom stereocenters. The smallest absolute Gasteiger partial charge is 0.245 e. The lowest BCUT2D eigenvalue weighted by Crippen LogP contribution is -2.28. The van der Waals surface area contributed by atoms with Gasteiger partial charge in [0.15, 0.2) is 0 Å². The summed E-state index contributed by atoms with van der Waals surface area (Å²) in [7, 11) is 0. The minimum absolute atomic E-state index is 0.293. The van der Waals surface area contributed by atoms with Gasteiger partial charge in [0.1, 0.15) is 18.6 Å². The minimum Gasteiger partial charge on any atom is -0.493 e. The van der Waals surface area contributed by atoms with Crippen molar-refractivity contribution in [2.75, 3.05) is 0 Å². The van der Waals surface area contributed by atoms with E-state index in [9.17, 15) is 0 Å². The lowest BCUT2D eigenvalue weighted by molar-refractivity contribution is 0.232. The summed E-state index contributed by atoms with van der Waals surface area (Å²) in [4.78, 5) is 14.4. The van der Waals surface area contributed by atoms with Gasteiger partial charge in [0.05, 0.1) is 35.0 Å². The van der Waals surface area contributed by atoms with E-state index in [1.165, 1.54) is 12.5 Å². The largest absolute Gasteiger partial charge is 0.493 e. The quantitative estimate of drug-likeness (QED) is 0.147. The molecule has 0 fully saturated rings. The summed E-state index contributed by atoms with van der Waals surface area (Å²) in [6.45, 7) is 8.93. The van der Waals surface area contributed by atoms with Gasteiger partial charge in [-0.2, -0.15) is 0 Å². The molecule has 7 aromatic rings. The molecule has 6 nitrogen and oxygen atoms in total. The fraction of sp³-hybridized carbons (Fsp3) is 0.0444. The monoisotopic (exact) mass is 662 g/mol. The van der Waals surface area contributed by atoms with Gasteiger partial charge in [0.2, 0.25) is 5.89 Å². The molecule has 0 spiro atoms. The maximum Gasteiger partial charge on any atom is 0.245 e. The number of hydrogen-bond donors (Lipinski definition) is 1.